The van der Waals surface area contributed by atoms with Gasteiger partial charge in [-0.15, -0.1) is 0 Å². The Labute approximate surface area is 353 Å². The highest BCUT2D eigenvalue weighted by molar-refractivity contribution is 5.76. The molecule has 0 spiro atoms. The van der Waals surface area contributed by atoms with Gasteiger partial charge in [-0.25, -0.2) is 0 Å². The first-order chi connectivity index (χ1) is 28.0. The van der Waals surface area contributed by atoms with Crippen molar-refractivity contribution >= 4 is 11.9 Å². The molecule has 0 saturated heterocycles. The minimum Gasteiger partial charge on any atom is -0.466 e. The standard InChI is InChI=1S/C51H95NO5/c1-3-5-7-9-11-13-15-16-20-24-27-31-35-39-43-49(54)48(47-53)52-50(55)44-40-36-32-28-25-21-18-17-19-22-26-30-34-38-42-46-57-51(56)45-41-37-33-29-23-14-12-10-8-6-4-2/h17,19,22,26,39,43,48-49,53-54H,3-16,18,20-21,23-25,27-38,40-42,44-47H2,1-2H3,(H,52,55)/b19-17-,26-22-,43-39+. The molecule has 0 heterocycles. The Hall–Kier alpha value is -1.92. The highest BCUT2D eigenvalue weighted by atomic mass is 16.5. The maximum absolute atomic E-state index is 12.4. The first kappa shape index (κ1) is 55.1. The number of amides is 1. The number of carbonyl (C=O) groups is 2. The van der Waals surface area contributed by atoms with Gasteiger partial charge in [-0.05, 0) is 64.2 Å². The summed E-state index contributed by atoms with van der Waals surface area (Å²) in [7, 11) is 0. The van der Waals surface area contributed by atoms with E-state index in [4.69, 9.17) is 4.74 Å². The molecule has 0 radical (unpaired) electrons. The molecule has 0 aromatic carbocycles. The van der Waals surface area contributed by atoms with Gasteiger partial charge in [0.25, 0.3) is 0 Å². The van der Waals surface area contributed by atoms with Gasteiger partial charge in [0.15, 0.2) is 0 Å². The number of ether oxygens (including phenoxy) is 1. The van der Waals surface area contributed by atoms with E-state index in [1.54, 1.807) is 6.08 Å². The average molecular weight is 802 g/mol. The van der Waals surface area contributed by atoms with Crippen LogP contribution in [0.4, 0.5) is 0 Å². The minimum absolute atomic E-state index is 0.0239. The maximum Gasteiger partial charge on any atom is 0.305 e. The molecule has 57 heavy (non-hydrogen) atoms. The van der Waals surface area contributed by atoms with Gasteiger partial charge in [0.1, 0.15) is 0 Å². The van der Waals surface area contributed by atoms with E-state index in [0.29, 0.717) is 19.4 Å². The number of hydrogen-bond acceptors (Lipinski definition) is 5. The molecule has 0 aromatic heterocycles. The zero-order valence-electron chi connectivity index (χ0n) is 37.8. The van der Waals surface area contributed by atoms with E-state index in [9.17, 15) is 19.8 Å². The second-order valence-electron chi connectivity index (χ2n) is 16.8. The summed E-state index contributed by atoms with van der Waals surface area (Å²) in [4.78, 5) is 24.4. The second kappa shape index (κ2) is 46.8. The van der Waals surface area contributed by atoms with Gasteiger partial charge in [0.05, 0.1) is 25.4 Å². The van der Waals surface area contributed by atoms with Crippen molar-refractivity contribution in [3.05, 3.63) is 36.5 Å². The number of esters is 1. The molecule has 1 amide bonds. The summed E-state index contributed by atoms with van der Waals surface area (Å²) in [5.41, 5.74) is 0. The van der Waals surface area contributed by atoms with Crippen LogP contribution >= 0.6 is 0 Å². The highest BCUT2D eigenvalue weighted by Gasteiger charge is 2.18. The van der Waals surface area contributed by atoms with Crippen molar-refractivity contribution in [3.63, 3.8) is 0 Å². The van der Waals surface area contributed by atoms with Gasteiger partial charge < -0.3 is 20.3 Å². The van der Waals surface area contributed by atoms with E-state index in [2.05, 4.69) is 43.5 Å². The summed E-state index contributed by atoms with van der Waals surface area (Å²) in [5.74, 6) is -0.115. The van der Waals surface area contributed by atoms with E-state index >= 15 is 0 Å². The maximum atomic E-state index is 12.4. The van der Waals surface area contributed by atoms with Crippen molar-refractivity contribution in [1.29, 1.82) is 0 Å². The van der Waals surface area contributed by atoms with E-state index in [0.717, 1.165) is 77.0 Å². The predicted octanol–water partition coefficient (Wildman–Crippen LogP) is 14.5. The second-order valence-corrected chi connectivity index (χ2v) is 16.8. The first-order valence-electron chi connectivity index (χ1n) is 24.8. The topological polar surface area (TPSA) is 95.9 Å². The molecular formula is C51H95NO5. The monoisotopic (exact) mass is 802 g/mol. The Balaban J connectivity index is 3.58. The van der Waals surface area contributed by atoms with Crippen LogP contribution in [0.25, 0.3) is 0 Å². The Morgan fingerprint density at radius 1 is 0.491 bits per heavy atom. The van der Waals surface area contributed by atoms with Crippen molar-refractivity contribution in [2.75, 3.05) is 13.2 Å². The summed E-state index contributed by atoms with van der Waals surface area (Å²) in [6.07, 6.45) is 55.7. The van der Waals surface area contributed by atoms with Gasteiger partial charge in [0.2, 0.25) is 5.91 Å². The van der Waals surface area contributed by atoms with Crippen LogP contribution in [0.3, 0.4) is 0 Å². The lowest BCUT2D eigenvalue weighted by atomic mass is 10.0. The van der Waals surface area contributed by atoms with Gasteiger partial charge in [-0.3, -0.25) is 9.59 Å². The van der Waals surface area contributed by atoms with Crippen molar-refractivity contribution in [3.8, 4) is 0 Å². The molecule has 0 rings (SSSR count). The fourth-order valence-electron chi connectivity index (χ4n) is 7.33. The lowest BCUT2D eigenvalue weighted by molar-refractivity contribution is -0.143. The Bertz CT molecular complexity index is 931. The van der Waals surface area contributed by atoms with Crippen LogP contribution in [0.1, 0.15) is 251 Å². The quantitative estimate of drug-likeness (QED) is 0.0247. The zero-order chi connectivity index (χ0) is 41.5. The molecule has 334 valence electrons. The van der Waals surface area contributed by atoms with Crippen molar-refractivity contribution in [2.45, 2.75) is 264 Å². The van der Waals surface area contributed by atoms with Gasteiger partial charge in [-0.1, -0.05) is 211 Å². The van der Waals surface area contributed by atoms with Crippen LogP contribution < -0.4 is 5.32 Å². The third-order valence-electron chi connectivity index (χ3n) is 11.2. The predicted molar refractivity (Wildman–Crippen MR) is 246 cm³/mol. The van der Waals surface area contributed by atoms with Crippen LogP contribution in [-0.4, -0.2) is 47.4 Å². The minimum atomic E-state index is -0.858. The number of rotatable bonds is 45. The third-order valence-corrected chi connectivity index (χ3v) is 11.2. The van der Waals surface area contributed by atoms with Gasteiger partial charge in [0, 0.05) is 12.8 Å². The van der Waals surface area contributed by atoms with Crippen molar-refractivity contribution in [2.24, 2.45) is 0 Å². The zero-order valence-corrected chi connectivity index (χ0v) is 37.8. The number of allylic oxidation sites excluding steroid dienone is 5. The van der Waals surface area contributed by atoms with E-state index < -0.39 is 12.1 Å². The third kappa shape index (κ3) is 43.5. The van der Waals surface area contributed by atoms with Crippen LogP contribution in [-0.2, 0) is 14.3 Å². The number of aliphatic hydroxyl groups excluding tert-OH is 2. The van der Waals surface area contributed by atoms with Crippen LogP contribution in [0, 0.1) is 0 Å². The summed E-state index contributed by atoms with van der Waals surface area (Å²) < 4.78 is 5.42. The highest BCUT2D eigenvalue weighted by Crippen LogP contribution is 2.15. The molecular weight excluding hydrogens is 707 g/mol. The normalized spacial score (nSPS) is 13.0. The molecule has 0 fully saturated rings. The molecule has 6 heteroatoms. The number of hydrogen-bond donors (Lipinski definition) is 3. The Morgan fingerprint density at radius 3 is 1.30 bits per heavy atom. The first-order valence-corrected chi connectivity index (χ1v) is 24.8. The van der Waals surface area contributed by atoms with E-state index in [1.807, 2.05) is 6.08 Å². The van der Waals surface area contributed by atoms with Crippen molar-refractivity contribution < 1.29 is 24.5 Å². The van der Waals surface area contributed by atoms with Crippen LogP contribution in [0.5, 0.6) is 0 Å². The SMILES string of the molecule is CCCCCCCCCCCCCC/C=C/C(O)C(CO)NC(=O)CCCCCCCC/C=C\C=C/CCCCCOC(=O)CCCCCCCCCCCCC. The Kier molecular flexibility index (Phi) is 45.2. The Morgan fingerprint density at radius 2 is 0.860 bits per heavy atom. The van der Waals surface area contributed by atoms with E-state index in [-0.39, 0.29) is 18.5 Å². The molecule has 0 aromatic rings. The van der Waals surface area contributed by atoms with Gasteiger partial charge >= 0.3 is 5.97 Å². The molecule has 0 aliphatic rings. The molecule has 6 nitrogen and oxygen atoms in total. The lowest BCUT2D eigenvalue weighted by Crippen LogP contribution is -2.45. The van der Waals surface area contributed by atoms with Crippen LogP contribution in [0.2, 0.25) is 0 Å². The summed E-state index contributed by atoms with van der Waals surface area (Å²) >= 11 is 0. The van der Waals surface area contributed by atoms with Crippen molar-refractivity contribution in [1.82, 2.24) is 5.32 Å². The number of aliphatic hydroxyl groups is 2. The fourth-order valence-corrected chi connectivity index (χ4v) is 7.33. The molecule has 0 saturated carbocycles. The summed E-state index contributed by atoms with van der Waals surface area (Å²) in [6, 6.07) is -0.643. The fraction of sp³-hybridized carbons (Fsp3) is 0.843. The summed E-state index contributed by atoms with van der Waals surface area (Å²) in [5, 5.41) is 23.0. The smallest absolute Gasteiger partial charge is 0.305 e. The molecule has 0 bridgehead atoms. The molecule has 3 N–H and O–H groups in total. The summed E-state index contributed by atoms with van der Waals surface area (Å²) in [6.45, 7) is 4.83. The molecule has 0 aliphatic heterocycles. The average Bonchev–Trinajstić information content (AvgIpc) is 3.21. The molecule has 2 atom stereocenters. The molecule has 2 unspecified atom stereocenters. The number of unbranched alkanes of at least 4 members (excludes halogenated alkanes) is 31. The molecule has 0 aliphatic carbocycles. The lowest BCUT2D eigenvalue weighted by Gasteiger charge is -2.20. The largest absolute Gasteiger partial charge is 0.466 e. The number of carbonyl (C=O) groups excluding carboxylic acids is 2. The van der Waals surface area contributed by atoms with Crippen LogP contribution in [0.15, 0.2) is 36.5 Å². The number of nitrogens with one attached hydrogen (secondary N) is 1. The van der Waals surface area contributed by atoms with E-state index in [1.165, 1.54) is 148 Å². The van der Waals surface area contributed by atoms with Gasteiger partial charge in [-0.2, -0.15) is 0 Å².